The summed E-state index contributed by atoms with van der Waals surface area (Å²) in [6.45, 7) is 5.79. The number of aromatic nitrogens is 2. The van der Waals surface area contributed by atoms with Crippen molar-refractivity contribution in [2.24, 2.45) is 11.8 Å². The van der Waals surface area contributed by atoms with Gasteiger partial charge in [-0.3, -0.25) is 9.78 Å². The summed E-state index contributed by atoms with van der Waals surface area (Å²) in [5, 5.41) is 17.0. The van der Waals surface area contributed by atoms with E-state index in [0.29, 0.717) is 51.9 Å². The Morgan fingerprint density at radius 2 is 1.81 bits per heavy atom. The van der Waals surface area contributed by atoms with Gasteiger partial charge in [-0.15, -0.1) is 0 Å². The Hall–Kier alpha value is -2.61. The molecule has 0 bridgehead atoms. The van der Waals surface area contributed by atoms with Crippen LogP contribution in [-0.4, -0.2) is 59.1 Å². The van der Waals surface area contributed by atoms with Gasteiger partial charge in [0.1, 0.15) is 5.52 Å². The Morgan fingerprint density at radius 1 is 1.14 bits per heavy atom. The van der Waals surface area contributed by atoms with Crippen LogP contribution in [0.4, 0.5) is 5.69 Å². The Bertz CT molecular complexity index is 1250. The number of benzene rings is 1. The van der Waals surface area contributed by atoms with E-state index in [4.69, 9.17) is 28.2 Å². The van der Waals surface area contributed by atoms with Crippen molar-refractivity contribution in [1.82, 2.24) is 20.2 Å². The lowest BCUT2D eigenvalue weighted by molar-refractivity contribution is 0.0949. The van der Waals surface area contributed by atoms with Gasteiger partial charge in [0.05, 0.1) is 32.5 Å². The highest BCUT2D eigenvalue weighted by molar-refractivity contribution is 6.37. The molecule has 0 spiro atoms. The number of fused-ring (bicyclic) bond motifs is 1. The molecule has 1 amide bonds. The number of nitrogens with zero attached hydrogens (tertiary/aromatic N) is 3. The molecule has 9 heteroatoms. The monoisotopic (exact) mass is 543 g/mol. The van der Waals surface area contributed by atoms with Gasteiger partial charge in [0.2, 0.25) is 0 Å². The maximum absolute atomic E-state index is 13.2. The Morgan fingerprint density at radius 3 is 2.43 bits per heavy atom. The number of pyridine rings is 2. The second-order valence-corrected chi connectivity index (χ2v) is 11.4. The molecule has 0 unspecified atom stereocenters. The van der Waals surface area contributed by atoms with Gasteiger partial charge in [-0.2, -0.15) is 0 Å². The number of phenols is 1. The Kier molecular flexibility index (Phi) is 8.78. The van der Waals surface area contributed by atoms with Gasteiger partial charge in [0.15, 0.2) is 5.75 Å². The number of hydrogen-bond donors (Lipinski definition) is 3. The lowest BCUT2D eigenvalue weighted by atomic mass is 9.85. The molecule has 3 N–H and O–H groups in total. The van der Waals surface area contributed by atoms with Crippen molar-refractivity contribution in [3.05, 3.63) is 46.1 Å². The summed E-state index contributed by atoms with van der Waals surface area (Å²) in [5.41, 5.74) is 3.76. The molecule has 1 aliphatic carbocycles. The zero-order valence-corrected chi connectivity index (χ0v) is 23.3. The van der Waals surface area contributed by atoms with Gasteiger partial charge in [0, 0.05) is 30.9 Å². The van der Waals surface area contributed by atoms with E-state index >= 15 is 0 Å². The first-order valence-corrected chi connectivity index (χ1v) is 13.6. The highest BCUT2D eigenvalue weighted by Crippen LogP contribution is 2.37. The second kappa shape index (κ2) is 11.8. The molecule has 7 nitrogen and oxygen atoms in total. The average Bonchev–Trinajstić information content (AvgIpc) is 2.86. The molecule has 1 fully saturated rings. The van der Waals surface area contributed by atoms with E-state index in [9.17, 15) is 9.90 Å². The largest absolute Gasteiger partial charge is 0.505 e. The molecule has 2 heterocycles. The summed E-state index contributed by atoms with van der Waals surface area (Å²) in [6, 6.07) is 7.21. The number of carbonyl (C=O) groups excluding carboxylic acids is 1. The molecular weight excluding hydrogens is 509 g/mol. The van der Waals surface area contributed by atoms with Crippen molar-refractivity contribution in [2.45, 2.75) is 45.6 Å². The topological polar surface area (TPSA) is 90.4 Å². The summed E-state index contributed by atoms with van der Waals surface area (Å²) in [5.74, 6) is 0.680. The van der Waals surface area contributed by atoms with Crippen molar-refractivity contribution in [1.29, 1.82) is 0 Å². The normalized spacial score (nSPS) is 17.9. The van der Waals surface area contributed by atoms with Crippen LogP contribution in [0, 0.1) is 11.8 Å². The molecule has 37 heavy (non-hydrogen) atoms. The molecule has 0 aliphatic heterocycles. The number of anilines is 1. The molecule has 4 rings (SSSR count). The van der Waals surface area contributed by atoms with Crippen LogP contribution in [0.1, 0.15) is 49.9 Å². The number of rotatable bonds is 8. The van der Waals surface area contributed by atoms with Crippen LogP contribution in [-0.2, 0) is 0 Å². The Balaban J connectivity index is 1.73. The predicted octanol–water partition coefficient (Wildman–Crippen LogP) is 6.23. The zero-order chi connectivity index (χ0) is 26.7. The maximum atomic E-state index is 13.2. The fraction of sp³-hybridized carbons (Fsp3) is 0.464. The van der Waals surface area contributed by atoms with E-state index in [1.807, 2.05) is 12.1 Å². The molecule has 0 saturated heterocycles. The van der Waals surface area contributed by atoms with Crippen LogP contribution in [0.25, 0.3) is 22.3 Å². The van der Waals surface area contributed by atoms with E-state index in [1.54, 1.807) is 18.3 Å². The number of aromatic hydroxyl groups is 1. The minimum atomic E-state index is -0.171. The third-order valence-electron chi connectivity index (χ3n) is 6.76. The number of amides is 1. The van der Waals surface area contributed by atoms with Crippen molar-refractivity contribution >= 4 is 45.8 Å². The minimum Gasteiger partial charge on any atom is -0.505 e. The fourth-order valence-electron chi connectivity index (χ4n) is 4.86. The quantitative estimate of drug-likeness (QED) is 0.312. The Labute approximate surface area is 228 Å². The SMILES string of the molecule is CC(C)CNC(=O)c1cnc2ccc(-c3cc(Cl)c(O)c(Cl)c3)nc2c1NC1CCC(CN(C)C)CC1. The molecule has 0 radical (unpaired) electrons. The predicted molar refractivity (Wildman–Crippen MR) is 152 cm³/mol. The molecule has 2 aromatic heterocycles. The maximum Gasteiger partial charge on any atom is 0.255 e. The van der Waals surface area contributed by atoms with Crippen molar-refractivity contribution in [3.63, 3.8) is 0 Å². The fourth-order valence-corrected chi connectivity index (χ4v) is 5.35. The van der Waals surface area contributed by atoms with Crippen LogP contribution < -0.4 is 10.6 Å². The van der Waals surface area contributed by atoms with Gasteiger partial charge >= 0.3 is 0 Å². The lowest BCUT2D eigenvalue weighted by Crippen LogP contribution is -2.32. The molecule has 1 saturated carbocycles. The molecular formula is C28H35Cl2N5O2. The zero-order valence-electron chi connectivity index (χ0n) is 21.8. The first kappa shape index (κ1) is 27.4. The van der Waals surface area contributed by atoms with Crippen LogP contribution in [0.5, 0.6) is 5.75 Å². The standard InChI is InChI=1S/C28H35Cl2N5O2/c1-16(2)13-32-28(37)20-14-31-24-10-9-23(18-11-21(29)27(36)22(30)12-18)34-26(24)25(20)33-19-7-5-17(6-8-19)15-35(3)4/h9-12,14,16-17,19,36H,5-8,13,15H2,1-4H3,(H,31,33)(H,32,37). The second-order valence-electron chi connectivity index (χ2n) is 10.6. The van der Waals surface area contributed by atoms with Gasteiger partial charge in [-0.1, -0.05) is 37.0 Å². The number of carbonyl (C=O) groups is 1. The van der Waals surface area contributed by atoms with Crippen molar-refractivity contribution in [2.75, 3.05) is 32.5 Å². The minimum absolute atomic E-state index is 0.150. The summed E-state index contributed by atoms with van der Waals surface area (Å²) < 4.78 is 0. The van der Waals surface area contributed by atoms with E-state index in [1.165, 1.54) is 0 Å². The van der Waals surface area contributed by atoms with Crippen LogP contribution in [0.2, 0.25) is 10.0 Å². The molecule has 198 valence electrons. The first-order chi connectivity index (χ1) is 17.6. The number of nitrogens with one attached hydrogen (secondary N) is 2. The van der Waals surface area contributed by atoms with Gasteiger partial charge in [-0.05, 0) is 75.9 Å². The summed E-state index contributed by atoms with van der Waals surface area (Å²) in [7, 11) is 4.24. The molecule has 1 aliphatic rings. The van der Waals surface area contributed by atoms with Crippen molar-refractivity contribution in [3.8, 4) is 17.0 Å². The molecule has 0 atom stereocenters. The number of hydrogen-bond acceptors (Lipinski definition) is 6. The number of halogens is 2. The third-order valence-corrected chi connectivity index (χ3v) is 7.34. The van der Waals surface area contributed by atoms with Gasteiger partial charge < -0.3 is 20.6 Å². The van der Waals surface area contributed by atoms with Crippen molar-refractivity contribution < 1.29 is 9.90 Å². The van der Waals surface area contributed by atoms with Crippen LogP contribution in [0.3, 0.4) is 0 Å². The van der Waals surface area contributed by atoms with Gasteiger partial charge in [-0.25, -0.2) is 4.98 Å². The summed E-state index contributed by atoms with van der Waals surface area (Å²) in [4.78, 5) is 24.9. The highest BCUT2D eigenvalue weighted by Gasteiger charge is 2.25. The summed E-state index contributed by atoms with van der Waals surface area (Å²) >= 11 is 12.3. The van der Waals surface area contributed by atoms with E-state index < -0.39 is 0 Å². The third kappa shape index (κ3) is 6.64. The van der Waals surface area contributed by atoms with E-state index in [-0.39, 0.29) is 27.7 Å². The average molecular weight is 545 g/mol. The van der Waals surface area contributed by atoms with Gasteiger partial charge in [0.25, 0.3) is 5.91 Å². The van der Waals surface area contributed by atoms with E-state index in [0.717, 1.165) is 32.2 Å². The number of phenolic OH excluding ortho intramolecular Hbond substituents is 1. The first-order valence-electron chi connectivity index (χ1n) is 12.8. The molecule has 3 aromatic rings. The molecule has 1 aromatic carbocycles. The van der Waals surface area contributed by atoms with Crippen LogP contribution in [0.15, 0.2) is 30.5 Å². The smallest absolute Gasteiger partial charge is 0.255 e. The lowest BCUT2D eigenvalue weighted by Gasteiger charge is -2.31. The van der Waals surface area contributed by atoms with Crippen LogP contribution >= 0.6 is 23.2 Å². The highest BCUT2D eigenvalue weighted by atomic mass is 35.5. The van der Waals surface area contributed by atoms with E-state index in [2.05, 4.69) is 48.5 Å². The summed E-state index contributed by atoms with van der Waals surface area (Å²) in [6.07, 6.45) is 5.96.